The molecule has 72 valence electrons. The van der Waals surface area contributed by atoms with Gasteiger partial charge in [0, 0.05) is 18.4 Å². The monoisotopic (exact) mass is 178 g/mol. The van der Waals surface area contributed by atoms with Gasteiger partial charge in [0.05, 0.1) is 0 Å². The molecule has 1 aromatic rings. The minimum atomic E-state index is 0.513. The zero-order valence-corrected chi connectivity index (χ0v) is 8.70. The molecule has 1 rings (SSSR count). The van der Waals surface area contributed by atoms with Crippen LogP contribution in [0.15, 0.2) is 24.5 Å². The summed E-state index contributed by atoms with van der Waals surface area (Å²) in [5.74, 6) is 0. The first kappa shape index (κ1) is 10.2. The van der Waals surface area contributed by atoms with Crippen molar-refractivity contribution in [3.05, 3.63) is 30.1 Å². The van der Waals surface area contributed by atoms with E-state index in [1.54, 1.807) is 0 Å². The molecular formula is C11H18N2. The minimum Gasteiger partial charge on any atom is -0.302 e. The van der Waals surface area contributed by atoms with Crippen molar-refractivity contribution in [2.24, 2.45) is 0 Å². The van der Waals surface area contributed by atoms with Gasteiger partial charge in [0.2, 0.25) is 0 Å². The number of rotatable bonds is 4. The molecule has 0 N–H and O–H groups in total. The van der Waals surface area contributed by atoms with Gasteiger partial charge in [0.25, 0.3) is 0 Å². The van der Waals surface area contributed by atoms with E-state index in [0.29, 0.717) is 6.04 Å². The SMILES string of the molecule is CCCC(c1cccnc1)N(C)C. The first-order valence-electron chi connectivity index (χ1n) is 4.82. The molecule has 13 heavy (non-hydrogen) atoms. The second kappa shape index (κ2) is 4.97. The fourth-order valence-electron chi connectivity index (χ4n) is 1.57. The van der Waals surface area contributed by atoms with Crippen LogP contribution in [0.25, 0.3) is 0 Å². The van der Waals surface area contributed by atoms with Crippen LogP contribution in [-0.4, -0.2) is 24.0 Å². The first-order valence-corrected chi connectivity index (χ1v) is 4.82. The number of hydrogen-bond acceptors (Lipinski definition) is 2. The van der Waals surface area contributed by atoms with Gasteiger partial charge in [-0.15, -0.1) is 0 Å². The Morgan fingerprint density at radius 2 is 2.23 bits per heavy atom. The van der Waals surface area contributed by atoms with Crippen LogP contribution in [0.3, 0.4) is 0 Å². The predicted octanol–water partition coefficient (Wildman–Crippen LogP) is 2.48. The molecule has 0 aromatic carbocycles. The van der Waals surface area contributed by atoms with E-state index in [9.17, 15) is 0 Å². The van der Waals surface area contributed by atoms with Gasteiger partial charge in [-0.1, -0.05) is 19.4 Å². The molecule has 0 aliphatic rings. The molecule has 0 fully saturated rings. The third-order valence-electron chi connectivity index (χ3n) is 2.25. The van der Waals surface area contributed by atoms with Gasteiger partial charge in [0.15, 0.2) is 0 Å². The molecule has 1 atom stereocenters. The summed E-state index contributed by atoms with van der Waals surface area (Å²) >= 11 is 0. The second-order valence-electron chi connectivity index (χ2n) is 3.55. The fraction of sp³-hybridized carbons (Fsp3) is 0.545. The van der Waals surface area contributed by atoms with Crippen molar-refractivity contribution < 1.29 is 0 Å². The van der Waals surface area contributed by atoms with Crippen molar-refractivity contribution >= 4 is 0 Å². The van der Waals surface area contributed by atoms with Crippen molar-refractivity contribution in [1.82, 2.24) is 9.88 Å². The summed E-state index contributed by atoms with van der Waals surface area (Å²) in [6, 6.07) is 4.66. The third-order valence-corrected chi connectivity index (χ3v) is 2.25. The smallest absolute Gasteiger partial charge is 0.0357 e. The van der Waals surface area contributed by atoms with Gasteiger partial charge in [-0.05, 0) is 32.1 Å². The molecule has 2 nitrogen and oxygen atoms in total. The van der Waals surface area contributed by atoms with E-state index in [0.717, 1.165) is 0 Å². The average Bonchev–Trinajstić information content (AvgIpc) is 2.15. The van der Waals surface area contributed by atoms with Crippen LogP contribution >= 0.6 is 0 Å². The molecule has 0 radical (unpaired) electrons. The zero-order chi connectivity index (χ0) is 9.68. The van der Waals surface area contributed by atoms with E-state index in [1.165, 1.54) is 18.4 Å². The molecule has 1 heterocycles. The quantitative estimate of drug-likeness (QED) is 0.704. The van der Waals surface area contributed by atoms with Gasteiger partial charge < -0.3 is 4.90 Å². The van der Waals surface area contributed by atoms with Gasteiger partial charge >= 0.3 is 0 Å². The molecule has 0 spiro atoms. The molecule has 1 unspecified atom stereocenters. The maximum Gasteiger partial charge on any atom is 0.0357 e. The number of pyridine rings is 1. The van der Waals surface area contributed by atoms with Crippen LogP contribution in [0.2, 0.25) is 0 Å². The summed E-state index contributed by atoms with van der Waals surface area (Å²) in [4.78, 5) is 6.39. The van der Waals surface area contributed by atoms with Gasteiger partial charge in [-0.2, -0.15) is 0 Å². The van der Waals surface area contributed by atoms with Crippen molar-refractivity contribution in [3.8, 4) is 0 Å². The lowest BCUT2D eigenvalue weighted by atomic mass is 10.0. The Balaban J connectivity index is 2.76. The van der Waals surface area contributed by atoms with Gasteiger partial charge in [-0.25, -0.2) is 0 Å². The first-order chi connectivity index (χ1) is 6.25. The molecule has 0 saturated heterocycles. The highest BCUT2D eigenvalue weighted by atomic mass is 15.1. The van der Waals surface area contributed by atoms with Crippen molar-refractivity contribution in [3.63, 3.8) is 0 Å². The minimum absolute atomic E-state index is 0.513. The maximum atomic E-state index is 4.14. The van der Waals surface area contributed by atoms with E-state index >= 15 is 0 Å². The topological polar surface area (TPSA) is 16.1 Å². The van der Waals surface area contributed by atoms with E-state index in [2.05, 4.69) is 37.0 Å². The summed E-state index contributed by atoms with van der Waals surface area (Å²) in [5.41, 5.74) is 1.31. The fourth-order valence-corrected chi connectivity index (χ4v) is 1.57. The Bertz CT molecular complexity index is 231. The summed E-state index contributed by atoms with van der Waals surface area (Å²) in [5, 5.41) is 0. The lowest BCUT2D eigenvalue weighted by molar-refractivity contribution is 0.281. The largest absolute Gasteiger partial charge is 0.302 e. The highest BCUT2D eigenvalue weighted by molar-refractivity contribution is 5.13. The molecule has 0 amide bonds. The number of hydrogen-bond donors (Lipinski definition) is 0. The molecule has 2 heteroatoms. The third kappa shape index (κ3) is 2.81. The van der Waals surface area contributed by atoms with Crippen LogP contribution in [0.5, 0.6) is 0 Å². The lowest BCUT2D eigenvalue weighted by Gasteiger charge is -2.23. The number of nitrogens with zero attached hydrogens (tertiary/aromatic N) is 2. The van der Waals surface area contributed by atoms with E-state index in [4.69, 9.17) is 0 Å². The van der Waals surface area contributed by atoms with E-state index in [-0.39, 0.29) is 0 Å². The molecule has 0 aliphatic heterocycles. The Morgan fingerprint density at radius 3 is 2.69 bits per heavy atom. The Kier molecular flexibility index (Phi) is 3.90. The van der Waals surface area contributed by atoms with Crippen LogP contribution in [0.1, 0.15) is 31.4 Å². The standard InChI is InChI=1S/C11H18N2/c1-4-6-11(13(2)3)10-7-5-8-12-9-10/h5,7-9,11H,4,6H2,1-3H3. The average molecular weight is 178 g/mol. The molecule has 0 saturated carbocycles. The lowest BCUT2D eigenvalue weighted by Crippen LogP contribution is -2.19. The Morgan fingerprint density at radius 1 is 1.46 bits per heavy atom. The summed E-state index contributed by atoms with van der Waals surface area (Å²) in [6.45, 7) is 2.22. The van der Waals surface area contributed by atoms with Crippen LogP contribution in [0, 0.1) is 0 Å². The normalized spacial score (nSPS) is 13.2. The van der Waals surface area contributed by atoms with Crippen LogP contribution < -0.4 is 0 Å². The summed E-state index contributed by atoms with van der Waals surface area (Å²) < 4.78 is 0. The van der Waals surface area contributed by atoms with E-state index in [1.807, 2.05) is 18.5 Å². The Labute approximate surface area is 80.6 Å². The molecule has 1 aromatic heterocycles. The zero-order valence-electron chi connectivity index (χ0n) is 8.70. The van der Waals surface area contributed by atoms with Crippen molar-refractivity contribution in [2.45, 2.75) is 25.8 Å². The maximum absolute atomic E-state index is 4.14. The van der Waals surface area contributed by atoms with Gasteiger partial charge in [-0.3, -0.25) is 4.98 Å². The van der Waals surface area contributed by atoms with Crippen molar-refractivity contribution in [1.29, 1.82) is 0 Å². The molecular weight excluding hydrogens is 160 g/mol. The predicted molar refractivity (Wildman–Crippen MR) is 55.6 cm³/mol. The highest BCUT2D eigenvalue weighted by Crippen LogP contribution is 2.21. The van der Waals surface area contributed by atoms with Crippen molar-refractivity contribution in [2.75, 3.05) is 14.1 Å². The summed E-state index contributed by atoms with van der Waals surface area (Å²) in [6.07, 6.45) is 6.18. The van der Waals surface area contributed by atoms with Crippen LogP contribution in [-0.2, 0) is 0 Å². The highest BCUT2D eigenvalue weighted by Gasteiger charge is 2.11. The molecule has 0 aliphatic carbocycles. The summed E-state index contributed by atoms with van der Waals surface area (Å²) in [7, 11) is 4.24. The van der Waals surface area contributed by atoms with Crippen LogP contribution in [0.4, 0.5) is 0 Å². The number of aromatic nitrogens is 1. The molecule has 0 bridgehead atoms. The van der Waals surface area contributed by atoms with Gasteiger partial charge in [0.1, 0.15) is 0 Å². The Hall–Kier alpha value is -0.890. The second-order valence-corrected chi connectivity index (χ2v) is 3.55. The van der Waals surface area contributed by atoms with E-state index < -0.39 is 0 Å².